The lowest BCUT2D eigenvalue weighted by Gasteiger charge is -2.38. The zero-order valence-electron chi connectivity index (χ0n) is 16.1. The summed E-state index contributed by atoms with van der Waals surface area (Å²) in [6, 6.07) is 3.00. The van der Waals surface area contributed by atoms with Crippen molar-refractivity contribution < 1.29 is 22.7 Å². The van der Waals surface area contributed by atoms with Crippen molar-refractivity contribution in [1.82, 2.24) is 25.1 Å². The number of rotatable bonds is 2. The smallest absolute Gasteiger partial charge is 0.446 e. The van der Waals surface area contributed by atoms with Crippen molar-refractivity contribution in [2.45, 2.75) is 64.4 Å². The molecule has 1 amide bonds. The van der Waals surface area contributed by atoms with Crippen LogP contribution in [0.25, 0.3) is 5.65 Å². The number of ether oxygens (including phenoxy) is 1. The lowest BCUT2D eigenvalue weighted by molar-refractivity contribution is -0.146. The number of nitrogens with zero attached hydrogens (tertiary/aromatic N) is 5. The number of alkyl carbamates (subject to hydrolysis) is 1. The van der Waals surface area contributed by atoms with Gasteiger partial charge in [-0.1, -0.05) is 0 Å². The molecule has 2 unspecified atom stereocenters. The van der Waals surface area contributed by atoms with E-state index in [0.29, 0.717) is 29.7 Å². The highest BCUT2D eigenvalue weighted by molar-refractivity contribution is 5.68. The van der Waals surface area contributed by atoms with Crippen molar-refractivity contribution in [2.24, 2.45) is 0 Å². The first-order valence-corrected chi connectivity index (χ1v) is 8.99. The van der Waals surface area contributed by atoms with Gasteiger partial charge in [0.1, 0.15) is 11.9 Å². The van der Waals surface area contributed by atoms with Crippen LogP contribution in [0.3, 0.4) is 0 Å². The Morgan fingerprint density at radius 2 is 1.96 bits per heavy atom. The molecular formula is C17H23F3N6O2. The maximum absolute atomic E-state index is 13.1. The molecular weight excluding hydrogens is 377 g/mol. The Balaban J connectivity index is 1.71. The second-order valence-corrected chi connectivity index (χ2v) is 7.95. The third-order valence-corrected chi connectivity index (χ3v) is 4.38. The minimum Gasteiger partial charge on any atom is -0.446 e. The number of aromatic nitrogens is 4. The van der Waals surface area contributed by atoms with Crippen molar-refractivity contribution in [1.29, 1.82) is 0 Å². The second kappa shape index (κ2) is 7.10. The van der Waals surface area contributed by atoms with E-state index >= 15 is 0 Å². The molecule has 2 aromatic heterocycles. The first kappa shape index (κ1) is 20.2. The fraction of sp³-hybridized carbons (Fsp3) is 0.647. The fourth-order valence-electron chi connectivity index (χ4n) is 3.17. The average Bonchev–Trinajstić information content (AvgIpc) is 2.96. The molecule has 1 aliphatic rings. The predicted octanol–water partition coefficient (Wildman–Crippen LogP) is 3.03. The van der Waals surface area contributed by atoms with Crippen molar-refractivity contribution in [3.8, 4) is 0 Å². The summed E-state index contributed by atoms with van der Waals surface area (Å²) in [5, 5.41) is 13.5. The molecule has 1 aliphatic heterocycles. The first-order valence-electron chi connectivity index (χ1n) is 8.99. The number of hydrogen-bond donors (Lipinski definition) is 1. The molecule has 154 valence electrons. The Kier molecular flexibility index (Phi) is 5.11. The third kappa shape index (κ3) is 4.45. The number of fused-ring (bicyclic) bond motifs is 1. The number of anilines is 1. The lowest BCUT2D eigenvalue weighted by atomic mass is 10.0. The number of carbonyl (C=O) groups excluding carboxylic acids is 1. The molecule has 1 fully saturated rings. The fourth-order valence-corrected chi connectivity index (χ4v) is 3.17. The number of hydrogen-bond acceptors (Lipinski definition) is 6. The quantitative estimate of drug-likeness (QED) is 0.834. The van der Waals surface area contributed by atoms with E-state index in [9.17, 15) is 18.0 Å². The Labute approximate surface area is 160 Å². The van der Waals surface area contributed by atoms with Crippen LogP contribution >= 0.6 is 0 Å². The van der Waals surface area contributed by atoms with Crippen LogP contribution in [0.4, 0.5) is 23.8 Å². The van der Waals surface area contributed by atoms with Crippen LogP contribution in [0.1, 0.15) is 46.4 Å². The summed E-state index contributed by atoms with van der Waals surface area (Å²) in [6.45, 7) is 8.00. The Bertz CT molecular complexity index is 861. The van der Waals surface area contributed by atoms with Crippen LogP contribution in [-0.2, 0) is 10.9 Å². The van der Waals surface area contributed by atoms with Crippen LogP contribution in [0.2, 0.25) is 0 Å². The maximum Gasteiger partial charge on any atom is 0.453 e. The second-order valence-electron chi connectivity index (χ2n) is 7.95. The number of halogens is 3. The van der Waals surface area contributed by atoms with Gasteiger partial charge in [-0.25, -0.2) is 4.79 Å². The van der Waals surface area contributed by atoms with Gasteiger partial charge in [0.25, 0.3) is 5.82 Å². The van der Waals surface area contributed by atoms with Crippen molar-refractivity contribution >= 4 is 17.6 Å². The number of amides is 1. The van der Waals surface area contributed by atoms with E-state index in [0.717, 1.165) is 0 Å². The van der Waals surface area contributed by atoms with Gasteiger partial charge in [0.05, 0.1) is 0 Å². The molecule has 2 atom stereocenters. The SMILES string of the molecule is CC1CC(OC(=O)NC(C)(C)C)CCN1c1ccc2nnc(C(F)(F)F)n2n1. The van der Waals surface area contributed by atoms with Gasteiger partial charge in [-0.15, -0.1) is 15.3 Å². The Morgan fingerprint density at radius 3 is 2.57 bits per heavy atom. The molecule has 1 saturated heterocycles. The zero-order valence-corrected chi connectivity index (χ0v) is 16.1. The van der Waals surface area contributed by atoms with E-state index in [1.165, 1.54) is 6.07 Å². The highest BCUT2D eigenvalue weighted by atomic mass is 19.4. The van der Waals surface area contributed by atoms with Gasteiger partial charge >= 0.3 is 12.3 Å². The summed E-state index contributed by atoms with van der Waals surface area (Å²) in [5.74, 6) is -0.767. The first-order chi connectivity index (χ1) is 12.9. The van der Waals surface area contributed by atoms with Gasteiger partial charge in [0.2, 0.25) is 0 Å². The topological polar surface area (TPSA) is 84.6 Å². The molecule has 1 N–H and O–H groups in total. The average molecular weight is 400 g/mol. The summed E-state index contributed by atoms with van der Waals surface area (Å²) in [6.07, 6.45) is -4.28. The minimum absolute atomic E-state index is 0.0285. The van der Waals surface area contributed by atoms with Crippen LogP contribution in [0.15, 0.2) is 12.1 Å². The highest BCUT2D eigenvalue weighted by Gasteiger charge is 2.38. The molecule has 11 heteroatoms. The third-order valence-electron chi connectivity index (χ3n) is 4.38. The molecule has 28 heavy (non-hydrogen) atoms. The zero-order chi connectivity index (χ0) is 20.7. The Morgan fingerprint density at radius 1 is 1.25 bits per heavy atom. The largest absolute Gasteiger partial charge is 0.453 e. The summed E-state index contributed by atoms with van der Waals surface area (Å²) in [5.41, 5.74) is -0.363. The predicted molar refractivity (Wildman–Crippen MR) is 95.0 cm³/mol. The van der Waals surface area contributed by atoms with E-state index in [2.05, 4.69) is 20.6 Å². The summed E-state index contributed by atoms with van der Waals surface area (Å²) in [7, 11) is 0. The van der Waals surface area contributed by atoms with Gasteiger partial charge in [0, 0.05) is 31.0 Å². The lowest BCUT2D eigenvalue weighted by Crippen LogP contribution is -2.47. The van der Waals surface area contributed by atoms with E-state index < -0.39 is 23.6 Å². The summed E-state index contributed by atoms with van der Waals surface area (Å²) >= 11 is 0. The van der Waals surface area contributed by atoms with Gasteiger partial charge in [-0.2, -0.15) is 17.7 Å². The van der Waals surface area contributed by atoms with Crippen molar-refractivity contribution in [3.05, 3.63) is 18.0 Å². The van der Waals surface area contributed by atoms with Crippen LogP contribution < -0.4 is 10.2 Å². The molecule has 3 heterocycles. The monoisotopic (exact) mass is 400 g/mol. The van der Waals surface area contributed by atoms with Crippen molar-refractivity contribution in [2.75, 3.05) is 11.4 Å². The molecule has 2 aromatic rings. The van der Waals surface area contributed by atoms with Crippen molar-refractivity contribution in [3.63, 3.8) is 0 Å². The number of alkyl halides is 3. The van der Waals surface area contributed by atoms with Gasteiger partial charge in [-0.3, -0.25) is 0 Å². The summed E-state index contributed by atoms with van der Waals surface area (Å²) < 4.78 is 45.4. The van der Waals surface area contributed by atoms with Gasteiger partial charge in [0.15, 0.2) is 5.65 Å². The number of nitrogens with one attached hydrogen (secondary N) is 1. The molecule has 3 rings (SSSR count). The molecule has 0 radical (unpaired) electrons. The minimum atomic E-state index is -4.64. The van der Waals surface area contributed by atoms with Crippen LogP contribution in [-0.4, -0.2) is 50.1 Å². The highest BCUT2D eigenvalue weighted by Crippen LogP contribution is 2.29. The standard InChI is InChI=1S/C17H23F3N6O2/c1-10-9-11(28-15(27)21-16(2,3)4)7-8-25(10)13-6-5-12-22-23-14(17(18,19)20)26(12)24-13/h5-6,10-11H,7-9H2,1-4H3,(H,21,27). The van der Waals surface area contributed by atoms with E-state index in [-0.39, 0.29) is 17.8 Å². The summed E-state index contributed by atoms with van der Waals surface area (Å²) in [4.78, 5) is 13.8. The molecule has 0 aromatic carbocycles. The number of piperidine rings is 1. The normalized spacial score (nSPS) is 21.0. The van der Waals surface area contributed by atoms with E-state index in [4.69, 9.17) is 4.74 Å². The molecule has 0 aliphatic carbocycles. The van der Waals surface area contributed by atoms with E-state index in [1.54, 1.807) is 6.07 Å². The molecule has 0 bridgehead atoms. The van der Waals surface area contributed by atoms with Gasteiger partial charge < -0.3 is 15.0 Å². The maximum atomic E-state index is 13.1. The van der Waals surface area contributed by atoms with Gasteiger partial charge in [-0.05, 0) is 39.8 Å². The van der Waals surface area contributed by atoms with E-state index in [1.807, 2.05) is 32.6 Å². The molecule has 0 spiro atoms. The molecule has 0 saturated carbocycles. The van der Waals surface area contributed by atoms with Crippen LogP contribution in [0.5, 0.6) is 0 Å². The number of carbonyl (C=O) groups is 1. The van der Waals surface area contributed by atoms with Crippen LogP contribution in [0, 0.1) is 0 Å². The Hall–Kier alpha value is -2.59. The molecule has 8 nitrogen and oxygen atoms in total.